The van der Waals surface area contributed by atoms with Crippen LogP contribution < -0.4 is 9.80 Å². The summed E-state index contributed by atoms with van der Waals surface area (Å²) in [6, 6.07) is 28.9. The monoisotopic (exact) mass is 516 g/mol. The van der Waals surface area contributed by atoms with Gasteiger partial charge in [0.05, 0.1) is 11.4 Å². The van der Waals surface area contributed by atoms with E-state index in [1.165, 1.54) is 27.6 Å². The van der Waals surface area contributed by atoms with E-state index in [2.05, 4.69) is 0 Å². The maximum Gasteiger partial charge on any atom is 0.270 e. The van der Waals surface area contributed by atoms with Gasteiger partial charge in [-0.1, -0.05) is 59.8 Å². The molecule has 0 radical (unpaired) electrons. The molecule has 172 valence electrons. The Kier molecular flexibility index (Phi) is 6.55. The fourth-order valence-corrected chi connectivity index (χ4v) is 4.85. The van der Waals surface area contributed by atoms with Crippen molar-refractivity contribution in [3.8, 4) is 0 Å². The van der Waals surface area contributed by atoms with Crippen molar-refractivity contribution in [2.75, 3.05) is 9.80 Å². The summed E-state index contributed by atoms with van der Waals surface area (Å²) in [6.07, 6.45) is 1.46. The summed E-state index contributed by atoms with van der Waals surface area (Å²) in [5, 5.41) is 1.36. The van der Waals surface area contributed by atoms with Crippen LogP contribution in [0, 0.1) is 0 Å². The van der Waals surface area contributed by atoms with Gasteiger partial charge >= 0.3 is 0 Å². The number of furan rings is 1. The molecule has 0 saturated carbocycles. The van der Waals surface area contributed by atoms with Gasteiger partial charge in [-0.2, -0.15) is 0 Å². The first kappa shape index (κ1) is 23.1. The number of rotatable bonds is 5. The van der Waals surface area contributed by atoms with Gasteiger partial charge in [-0.15, -0.1) is 0 Å². The molecule has 0 atom stereocenters. The van der Waals surface area contributed by atoms with E-state index < -0.39 is 11.8 Å². The molecule has 1 fully saturated rings. The average molecular weight is 517 g/mol. The van der Waals surface area contributed by atoms with Crippen molar-refractivity contribution in [2.45, 2.75) is 9.99 Å². The lowest BCUT2D eigenvalue weighted by Crippen LogP contribution is -2.56. The van der Waals surface area contributed by atoms with Gasteiger partial charge in [-0.25, -0.2) is 0 Å². The highest BCUT2D eigenvalue weighted by Gasteiger charge is 2.41. The third kappa shape index (κ3) is 4.79. The Labute approximate surface area is 216 Å². The molecule has 1 saturated heterocycles. The summed E-state index contributed by atoms with van der Waals surface area (Å²) in [5.74, 6) is -0.643. The van der Waals surface area contributed by atoms with E-state index >= 15 is 0 Å². The summed E-state index contributed by atoms with van der Waals surface area (Å²) in [7, 11) is 0. The third-order valence-electron chi connectivity index (χ3n) is 5.20. The molecule has 5 nitrogen and oxygen atoms in total. The molecule has 0 spiro atoms. The van der Waals surface area contributed by atoms with Crippen LogP contribution in [0.2, 0.25) is 5.02 Å². The van der Waals surface area contributed by atoms with E-state index in [4.69, 9.17) is 28.2 Å². The molecule has 1 aromatic heterocycles. The fraction of sp³-hybridized carbons (Fsp3) is 0. The van der Waals surface area contributed by atoms with Crippen LogP contribution in [-0.2, 0) is 9.59 Å². The van der Waals surface area contributed by atoms with Crippen LogP contribution in [0.1, 0.15) is 5.76 Å². The van der Waals surface area contributed by atoms with Gasteiger partial charge in [0.1, 0.15) is 11.3 Å². The second-order valence-corrected chi connectivity index (χ2v) is 9.39. The van der Waals surface area contributed by atoms with Gasteiger partial charge in [0, 0.05) is 9.92 Å². The number of benzene rings is 3. The van der Waals surface area contributed by atoms with Crippen molar-refractivity contribution in [1.29, 1.82) is 0 Å². The fourth-order valence-electron chi connectivity index (χ4n) is 3.57. The molecule has 0 bridgehead atoms. The van der Waals surface area contributed by atoms with E-state index in [1.54, 1.807) is 48.5 Å². The lowest BCUT2D eigenvalue weighted by atomic mass is 10.1. The summed E-state index contributed by atoms with van der Waals surface area (Å²) in [6.45, 7) is 0. The number of carbonyl (C=O) groups is 2. The minimum Gasteiger partial charge on any atom is -0.450 e. The minimum atomic E-state index is -0.512. The number of thiocarbonyl (C=S) groups is 1. The number of halogens is 1. The predicted octanol–water partition coefficient (Wildman–Crippen LogP) is 6.83. The second kappa shape index (κ2) is 9.92. The Hall–Kier alpha value is -3.65. The van der Waals surface area contributed by atoms with Crippen LogP contribution >= 0.6 is 35.6 Å². The first-order chi connectivity index (χ1) is 17.0. The highest BCUT2D eigenvalue weighted by atomic mass is 35.5. The maximum absolute atomic E-state index is 13.5. The second-order valence-electron chi connectivity index (χ2n) is 7.51. The number of carbonyl (C=O) groups excluding carboxylic acids is 2. The van der Waals surface area contributed by atoms with Crippen molar-refractivity contribution in [3.05, 3.63) is 113 Å². The quantitative estimate of drug-likeness (QED) is 0.165. The van der Waals surface area contributed by atoms with Crippen molar-refractivity contribution >= 4 is 70.0 Å². The molecule has 1 aliphatic heterocycles. The van der Waals surface area contributed by atoms with E-state index in [9.17, 15) is 9.59 Å². The van der Waals surface area contributed by atoms with E-state index in [0.29, 0.717) is 27.2 Å². The van der Waals surface area contributed by atoms with Crippen LogP contribution in [0.3, 0.4) is 0 Å². The molecule has 2 amide bonds. The topological polar surface area (TPSA) is 53.8 Å². The maximum atomic E-state index is 13.5. The van der Waals surface area contributed by atoms with Crippen molar-refractivity contribution in [2.24, 2.45) is 0 Å². The molecule has 4 aromatic rings. The van der Waals surface area contributed by atoms with Gasteiger partial charge in [0.2, 0.25) is 0 Å². The Bertz CT molecular complexity index is 1370. The Morgan fingerprint density at radius 3 is 1.83 bits per heavy atom. The lowest BCUT2D eigenvalue weighted by Gasteiger charge is -2.36. The van der Waals surface area contributed by atoms with Gasteiger partial charge in [-0.05, 0) is 79.0 Å². The van der Waals surface area contributed by atoms with Crippen LogP contribution in [0.25, 0.3) is 6.08 Å². The normalized spacial score (nSPS) is 14.0. The molecule has 0 aliphatic carbocycles. The summed E-state index contributed by atoms with van der Waals surface area (Å²) in [4.78, 5) is 30.7. The van der Waals surface area contributed by atoms with Crippen molar-refractivity contribution in [3.63, 3.8) is 0 Å². The molecular weight excluding hydrogens is 500 g/mol. The Balaban J connectivity index is 1.52. The van der Waals surface area contributed by atoms with E-state index in [-0.39, 0.29) is 10.7 Å². The highest BCUT2D eigenvalue weighted by molar-refractivity contribution is 7.99. The molecule has 5 rings (SSSR count). The molecule has 3 aromatic carbocycles. The number of amides is 2. The smallest absolute Gasteiger partial charge is 0.270 e. The summed E-state index contributed by atoms with van der Waals surface area (Å²) < 4.78 is 5.91. The highest BCUT2D eigenvalue weighted by Crippen LogP contribution is 2.33. The van der Waals surface area contributed by atoms with Crippen LogP contribution in [0.5, 0.6) is 0 Å². The molecule has 0 unspecified atom stereocenters. The number of hydrogen-bond acceptors (Lipinski definition) is 5. The largest absolute Gasteiger partial charge is 0.450 e. The van der Waals surface area contributed by atoms with Crippen LogP contribution in [-0.4, -0.2) is 16.9 Å². The molecule has 35 heavy (non-hydrogen) atoms. The first-order valence-corrected chi connectivity index (χ1v) is 12.2. The number of para-hydroxylation sites is 2. The number of nitrogens with zero attached hydrogens (tertiary/aromatic N) is 2. The van der Waals surface area contributed by atoms with Crippen molar-refractivity contribution < 1.29 is 14.0 Å². The van der Waals surface area contributed by atoms with Crippen LogP contribution in [0.4, 0.5) is 11.4 Å². The SMILES string of the molecule is O=C1C(=Cc2ccc(Sc3ccc(Cl)cc3)o2)C(=O)N(c2ccccc2)C(=S)N1c1ccccc1. The van der Waals surface area contributed by atoms with E-state index in [0.717, 1.165) is 4.90 Å². The molecule has 1 aliphatic rings. The third-order valence-corrected chi connectivity index (χ3v) is 6.74. The van der Waals surface area contributed by atoms with Gasteiger partial charge in [0.25, 0.3) is 11.8 Å². The molecule has 8 heteroatoms. The zero-order valence-corrected chi connectivity index (χ0v) is 20.5. The summed E-state index contributed by atoms with van der Waals surface area (Å²) in [5.41, 5.74) is 1.09. The average Bonchev–Trinajstić information content (AvgIpc) is 3.31. The van der Waals surface area contributed by atoms with Crippen LogP contribution in [0.15, 0.2) is 117 Å². The van der Waals surface area contributed by atoms with E-state index in [1.807, 2.05) is 48.5 Å². The lowest BCUT2D eigenvalue weighted by molar-refractivity contribution is -0.120. The number of hydrogen-bond donors (Lipinski definition) is 0. The Morgan fingerprint density at radius 1 is 0.743 bits per heavy atom. The zero-order chi connectivity index (χ0) is 24.4. The van der Waals surface area contributed by atoms with Crippen molar-refractivity contribution in [1.82, 2.24) is 0 Å². The first-order valence-electron chi connectivity index (χ1n) is 10.6. The Morgan fingerprint density at radius 2 is 1.29 bits per heavy atom. The number of anilines is 2. The molecule has 0 N–H and O–H groups in total. The standard InChI is InChI=1S/C27H17ClN2O3S2/c28-18-11-14-22(15-12-18)35-24-16-13-21(33-24)17-23-25(31)29(19-7-3-1-4-8-19)27(34)30(26(23)32)20-9-5-2-6-10-20/h1-17H. The molecular formula is C27H17ClN2O3S2. The minimum absolute atomic E-state index is 0.0521. The zero-order valence-electron chi connectivity index (χ0n) is 18.1. The molecule has 2 heterocycles. The van der Waals surface area contributed by atoms with Gasteiger partial charge in [0.15, 0.2) is 10.2 Å². The summed E-state index contributed by atoms with van der Waals surface area (Å²) >= 11 is 13.0. The van der Waals surface area contributed by atoms with Gasteiger partial charge in [-0.3, -0.25) is 19.4 Å². The predicted molar refractivity (Wildman–Crippen MR) is 143 cm³/mol. The van der Waals surface area contributed by atoms with Gasteiger partial charge < -0.3 is 4.42 Å².